The molecule has 0 fully saturated rings. The van der Waals surface area contributed by atoms with Crippen LogP contribution in [0.4, 0.5) is 0 Å². The number of carboxylic acids is 1. The van der Waals surface area contributed by atoms with Crippen LogP contribution in [0.15, 0.2) is 83.8 Å². The van der Waals surface area contributed by atoms with E-state index in [0.29, 0.717) is 12.8 Å². The number of nitrogens with one attached hydrogen (secondary N) is 1. The van der Waals surface area contributed by atoms with Gasteiger partial charge in [-0.05, 0) is 29.7 Å². The van der Waals surface area contributed by atoms with Crippen molar-refractivity contribution in [2.24, 2.45) is 0 Å². The first-order valence-electron chi connectivity index (χ1n) is 10.4. The second-order valence-corrected chi connectivity index (χ2v) is 7.36. The molecule has 2 N–H and O–H groups in total. The average Bonchev–Trinajstić information content (AvgIpc) is 2.79. The van der Waals surface area contributed by atoms with Gasteiger partial charge < -0.3 is 15.0 Å². The molecule has 0 unspecified atom stereocenters. The van der Waals surface area contributed by atoms with Crippen molar-refractivity contribution in [3.63, 3.8) is 0 Å². The fraction of sp³-hybridized carbons (Fsp3) is 0.240. The van der Waals surface area contributed by atoms with Crippen molar-refractivity contribution < 1.29 is 14.7 Å². The lowest BCUT2D eigenvalue weighted by Crippen LogP contribution is -2.43. The summed E-state index contributed by atoms with van der Waals surface area (Å²) in [5, 5.41) is 11.9. The summed E-state index contributed by atoms with van der Waals surface area (Å²) < 4.78 is 1.52. The Hall–Kier alpha value is -3.67. The summed E-state index contributed by atoms with van der Waals surface area (Å²) in [5.41, 5.74) is 1.25. The van der Waals surface area contributed by atoms with E-state index in [-0.39, 0.29) is 5.56 Å². The van der Waals surface area contributed by atoms with Crippen LogP contribution in [0.3, 0.4) is 0 Å². The lowest BCUT2D eigenvalue weighted by atomic mass is 9.98. The maximum Gasteiger partial charge on any atom is 0.326 e. The van der Waals surface area contributed by atoms with Crippen molar-refractivity contribution in [1.82, 2.24) is 9.88 Å². The number of hydrogen-bond acceptors (Lipinski definition) is 3. The van der Waals surface area contributed by atoms with Crippen LogP contribution in [0.2, 0.25) is 0 Å². The SMILES string of the molecule is CCCC[C@H](NC(=O)c1cccn(C(c2ccccc2)c2ccccc2)c1=O)C(=O)O. The predicted molar refractivity (Wildman–Crippen MR) is 119 cm³/mol. The third-order valence-corrected chi connectivity index (χ3v) is 5.18. The molecule has 6 heteroatoms. The summed E-state index contributed by atoms with van der Waals surface area (Å²) in [4.78, 5) is 37.6. The molecule has 0 bridgehead atoms. The van der Waals surface area contributed by atoms with Gasteiger partial charge in [0, 0.05) is 6.20 Å². The standard InChI is InChI=1S/C25H26N2O4/c1-2-3-16-21(25(30)31)26-23(28)20-15-10-17-27(24(20)29)22(18-11-6-4-7-12-18)19-13-8-5-9-14-19/h4-15,17,21-22H,2-3,16H2,1H3,(H,26,28)(H,30,31)/t21-/m0/s1. The van der Waals surface area contributed by atoms with E-state index in [4.69, 9.17) is 0 Å². The summed E-state index contributed by atoms with van der Waals surface area (Å²) in [6.45, 7) is 1.95. The van der Waals surface area contributed by atoms with E-state index in [1.807, 2.05) is 67.6 Å². The zero-order valence-electron chi connectivity index (χ0n) is 17.4. The van der Waals surface area contributed by atoms with Gasteiger partial charge in [-0.15, -0.1) is 0 Å². The van der Waals surface area contributed by atoms with E-state index in [9.17, 15) is 19.5 Å². The molecule has 0 aliphatic carbocycles. The van der Waals surface area contributed by atoms with Gasteiger partial charge in [0.2, 0.25) is 0 Å². The van der Waals surface area contributed by atoms with Crippen LogP contribution in [0, 0.1) is 0 Å². The zero-order chi connectivity index (χ0) is 22.2. The van der Waals surface area contributed by atoms with Crippen LogP contribution in [0.5, 0.6) is 0 Å². The molecule has 2 aromatic carbocycles. The van der Waals surface area contributed by atoms with Gasteiger partial charge in [0.15, 0.2) is 0 Å². The fourth-order valence-corrected chi connectivity index (χ4v) is 3.57. The molecule has 1 atom stereocenters. The highest BCUT2D eigenvalue weighted by molar-refractivity contribution is 5.96. The van der Waals surface area contributed by atoms with Gasteiger partial charge in [0.1, 0.15) is 11.6 Å². The Morgan fingerprint density at radius 1 is 0.935 bits per heavy atom. The topological polar surface area (TPSA) is 88.4 Å². The summed E-state index contributed by atoms with van der Waals surface area (Å²) >= 11 is 0. The largest absolute Gasteiger partial charge is 0.480 e. The van der Waals surface area contributed by atoms with Crippen LogP contribution in [0.1, 0.15) is 53.7 Å². The Labute approximate surface area is 181 Å². The van der Waals surface area contributed by atoms with Crippen molar-refractivity contribution >= 4 is 11.9 Å². The summed E-state index contributed by atoms with van der Waals surface area (Å²) in [5.74, 6) is -1.78. The number of hydrogen-bond donors (Lipinski definition) is 2. The highest BCUT2D eigenvalue weighted by atomic mass is 16.4. The normalized spacial score (nSPS) is 11.8. The number of benzene rings is 2. The number of pyridine rings is 1. The first-order valence-corrected chi connectivity index (χ1v) is 10.4. The van der Waals surface area contributed by atoms with Gasteiger partial charge in [-0.3, -0.25) is 9.59 Å². The van der Waals surface area contributed by atoms with Crippen LogP contribution in [-0.2, 0) is 4.79 Å². The maximum absolute atomic E-state index is 13.3. The number of nitrogens with zero attached hydrogens (tertiary/aromatic N) is 1. The second kappa shape index (κ2) is 10.4. The number of carbonyl (C=O) groups is 2. The summed E-state index contributed by atoms with van der Waals surface area (Å²) in [7, 11) is 0. The third kappa shape index (κ3) is 5.28. The van der Waals surface area contributed by atoms with Crippen molar-refractivity contribution in [3.8, 4) is 0 Å². The van der Waals surface area contributed by atoms with Gasteiger partial charge in [0.25, 0.3) is 11.5 Å². The number of carboxylic acid groups (broad SMARTS) is 1. The minimum atomic E-state index is -1.11. The van der Waals surface area contributed by atoms with Gasteiger partial charge in [-0.1, -0.05) is 80.4 Å². The molecule has 0 spiro atoms. The molecule has 31 heavy (non-hydrogen) atoms. The average molecular weight is 418 g/mol. The van der Waals surface area contributed by atoms with Crippen molar-refractivity contribution in [1.29, 1.82) is 0 Å². The molecule has 1 amide bonds. The molecule has 0 radical (unpaired) electrons. The first kappa shape index (κ1) is 22.0. The number of aromatic nitrogens is 1. The molecule has 0 saturated heterocycles. The van der Waals surface area contributed by atoms with Crippen molar-refractivity contribution in [3.05, 3.63) is 106 Å². The Morgan fingerprint density at radius 3 is 2.03 bits per heavy atom. The quantitative estimate of drug-likeness (QED) is 0.552. The van der Waals surface area contributed by atoms with E-state index in [1.165, 1.54) is 10.6 Å². The molecular weight excluding hydrogens is 392 g/mol. The third-order valence-electron chi connectivity index (χ3n) is 5.18. The Balaban J connectivity index is 2.00. The van der Waals surface area contributed by atoms with Crippen LogP contribution in [-0.4, -0.2) is 27.6 Å². The predicted octanol–water partition coefficient (Wildman–Crippen LogP) is 3.86. The zero-order valence-corrected chi connectivity index (χ0v) is 17.4. The molecule has 160 valence electrons. The van der Waals surface area contributed by atoms with Gasteiger partial charge >= 0.3 is 5.97 Å². The monoisotopic (exact) mass is 418 g/mol. The molecule has 3 aromatic rings. The van der Waals surface area contributed by atoms with Gasteiger partial charge in [0.05, 0.1) is 6.04 Å². The molecule has 0 aliphatic rings. The van der Waals surface area contributed by atoms with E-state index >= 15 is 0 Å². The summed E-state index contributed by atoms with van der Waals surface area (Å²) in [6, 6.07) is 20.8. The molecule has 0 aliphatic heterocycles. The fourth-order valence-electron chi connectivity index (χ4n) is 3.57. The van der Waals surface area contributed by atoms with E-state index in [0.717, 1.165) is 17.5 Å². The highest BCUT2D eigenvalue weighted by Crippen LogP contribution is 2.25. The molecule has 3 rings (SSSR count). The minimum absolute atomic E-state index is 0.0814. The van der Waals surface area contributed by atoms with Crippen molar-refractivity contribution in [2.45, 2.75) is 38.3 Å². The minimum Gasteiger partial charge on any atom is -0.480 e. The number of rotatable bonds is 9. The van der Waals surface area contributed by atoms with E-state index in [1.54, 1.807) is 12.3 Å². The molecule has 1 aromatic heterocycles. The van der Waals surface area contributed by atoms with Gasteiger partial charge in [-0.25, -0.2) is 4.79 Å². The number of amides is 1. The van der Waals surface area contributed by atoms with Crippen molar-refractivity contribution in [2.75, 3.05) is 0 Å². The van der Waals surface area contributed by atoms with Crippen LogP contribution in [0.25, 0.3) is 0 Å². The van der Waals surface area contributed by atoms with Gasteiger partial charge in [-0.2, -0.15) is 0 Å². The number of carbonyl (C=O) groups excluding carboxylic acids is 1. The first-order chi connectivity index (χ1) is 15.0. The Kier molecular flexibility index (Phi) is 7.38. The lowest BCUT2D eigenvalue weighted by molar-refractivity contribution is -0.139. The van der Waals surface area contributed by atoms with Crippen LogP contribution < -0.4 is 10.9 Å². The Bertz CT molecular complexity index is 1040. The Morgan fingerprint density at radius 2 is 1.52 bits per heavy atom. The number of aliphatic carboxylic acids is 1. The van der Waals surface area contributed by atoms with Crippen LogP contribution >= 0.6 is 0 Å². The second-order valence-electron chi connectivity index (χ2n) is 7.36. The molecule has 1 heterocycles. The smallest absolute Gasteiger partial charge is 0.326 e. The molecule has 0 saturated carbocycles. The lowest BCUT2D eigenvalue weighted by Gasteiger charge is -2.22. The highest BCUT2D eigenvalue weighted by Gasteiger charge is 2.24. The molecule has 6 nitrogen and oxygen atoms in total. The summed E-state index contributed by atoms with van der Waals surface area (Å²) in [6.07, 6.45) is 3.44. The molecular formula is C25H26N2O4. The van der Waals surface area contributed by atoms with E-state index in [2.05, 4.69) is 5.32 Å². The van der Waals surface area contributed by atoms with E-state index < -0.39 is 29.5 Å². The maximum atomic E-state index is 13.3. The number of unbranched alkanes of at least 4 members (excludes halogenated alkanes) is 1.